The molecule has 2 N–H and O–H groups in total. The van der Waals surface area contributed by atoms with Crippen LogP contribution in [0.25, 0.3) is 20.7 Å². The summed E-state index contributed by atoms with van der Waals surface area (Å²) in [5.74, 6) is 1.62. The number of rotatable bonds is 2. The van der Waals surface area contributed by atoms with Gasteiger partial charge >= 0.3 is 0 Å². The molecule has 6 heterocycles. The van der Waals surface area contributed by atoms with Crippen molar-refractivity contribution in [2.45, 2.75) is 39.7 Å². The zero-order valence-electron chi connectivity index (χ0n) is 13.5. The van der Waals surface area contributed by atoms with Gasteiger partial charge in [-0.25, -0.2) is 4.98 Å². The first-order chi connectivity index (χ1) is 11.7. The number of hydrogen-bond donors (Lipinski definition) is 2. The fourth-order valence-electron chi connectivity index (χ4n) is 4.10. The fourth-order valence-corrected chi connectivity index (χ4v) is 5.16. The quantitative estimate of drug-likeness (QED) is 0.736. The minimum Gasteiger partial charge on any atom is -0.308 e. The van der Waals surface area contributed by atoms with E-state index in [2.05, 4.69) is 20.1 Å². The molecule has 0 unspecified atom stereocenters. The summed E-state index contributed by atoms with van der Waals surface area (Å²) in [6.07, 6.45) is 5.49. The summed E-state index contributed by atoms with van der Waals surface area (Å²) in [6, 6.07) is 2.29. The van der Waals surface area contributed by atoms with Gasteiger partial charge in [0.2, 0.25) is 0 Å². The fraction of sp³-hybridized carbons (Fsp3) is 0.500. The number of aromatic amines is 2. The van der Waals surface area contributed by atoms with E-state index in [-0.39, 0.29) is 19.0 Å². The van der Waals surface area contributed by atoms with Gasteiger partial charge in [-0.1, -0.05) is 7.43 Å². The van der Waals surface area contributed by atoms with Gasteiger partial charge in [0.05, 0.1) is 17.8 Å². The number of aromatic nitrogens is 4. The molecule has 1 atom stereocenters. The predicted molar refractivity (Wildman–Crippen MR) is 101 cm³/mol. The summed E-state index contributed by atoms with van der Waals surface area (Å²) in [6.45, 7) is 4.24. The van der Waals surface area contributed by atoms with Crippen molar-refractivity contribution in [3.8, 4) is 10.4 Å². The molecule has 0 amide bonds. The Kier molecular flexibility index (Phi) is 4.00. The van der Waals surface area contributed by atoms with E-state index < -0.39 is 0 Å². The molecule has 0 radical (unpaired) electrons. The molecule has 25 heavy (non-hydrogen) atoms. The largest absolute Gasteiger partial charge is 0.308 e. The SMILES string of the molecule is C.Cc1[nH]ncc1-c1cc2nc([C@@H]3CC4CCN3CC4)[nH]c(=O)c2s1. The zero-order valence-corrected chi connectivity index (χ0v) is 14.3. The molecule has 132 valence electrons. The molecule has 3 aromatic heterocycles. The lowest BCUT2D eigenvalue weighted by molar-refractivity contribution is 0.0445. The van der Waals surface area contributed by atoms with Gasteiger partial charge in [0.25, 0.3) is 5.56 Å². The van der Waals surface area contributed by atoms with Gasteiger partial charge in [0.15, 0.2) is 0 Å². The molecule has 3 saturated heterocycles. The van der Waals surface area contributed by atoms with Crippen molar-refractivity contribution >= 4 is 21.6 Å². The summed E-state index contributed by atoms with van der Waals surface area (Å²) in [4.78, 5) is 24.0. The average Bonchev–Trinajstić information content (AvgIpc) is 3.21. The summed E-state index contributed by atoms with van der Waals surface area (Å²) in [7, 11) is 0. The monoisotopic (exact) mass is 357 g/mol. The molecule has 3 aliphatic heterocycles. The third-order valence-corrected chi connectivity index (χ3v) is 6.62. The molecule has 0 aliphatic carbocycles. The van der Waals surface area contributed by atoms with Gasteiger partial charge in [0.1, 0.15) is 10.5 Å². The standard InChI is InChI=1S/C17H19N5OS.CH4/c1-9-11(8-18-21-9)14-7-12-15(24-14)17(23)20-16(19-12)13-6-10-2-4-22(13)5-3-10;/h7-8,10,13H,2-6H2,1H3,(H,18,21)(H,19,20,23);1H4/t13-;/m0./s1. The number of nitrogens with one attached hydrogen (secondary N) is 2. The van der Waals surface area contributed by atoms with Crippen LogP contribution < -0.4 is 5.56 Å². The molecular weight excluding hydrogens is 334 g/mol. The highest BCUT2D eigenvalue weighted by Gasteiger charge is 2.35. The van der Waals surface area contributed by atoms with Gasteiger partial charge in [0, 0.05) is 16.1 Å². The van der Waals surface area contributed by atoms with Gasteiger partial charge in [-0.3, -0.25) is 14.8 Å². The molecular formula is C18H23N5OS. The minimum absolute atomic E-state index is 0. The number of hydrogen-bond acceptors (Lipinski definition) is 5. The van der Waals surface area contributed by atoms with Gasteiger partial charge in [-0.2, -0.15) is 5.10 Å². The van der Waals surface area contributed by atoms with Gasteiger partial charge in [-0.05, 0) is 51.3 Å². The lowest BCUT2D eigenvalue weighted by Crippen LogP contribution is -2.44. The Bertz CT molecular complexity index is 963. The molecule has 3 aliphatic rings. The third-order valence-electron chi connectivity index (χ3n) is 5.46. The number of aryl methyl sites for hydroxylation is 1. The lowest BCUT2D eigenvalue weighted by Gasteiger charge is -2.44. The van der Waals surface area contributed by atoms with Crippen molar-refractivity contribution in [1.82, 2.24) is 25.1 Å². The Morgan fingerprint density at radius 3 is 2.76 bits per heavy atom. The third kappa shape index (κ3) is 2.62. The number of thiophene rings is 1. The van der Waals surface area contributed by atoms with E-state index >= 15 is 0 Å². The second-order valence-corrected chi connectivity index (χ2v) is 7.97. The van der Waals surface area contributed by atoms with Crippen LogP contribution in [0.5, 0.6) is 0 Å². The van der Waals surface area contributed by atoms with Crippen molar-refractivity contribution in [2.75, 3.05) is 13.1 Å². The Balaban J connectivity index is 0.00000157. The van der Waals surface area contributed by atoms with E-state index in [0.29, 0.717) is 4.70 Å². The molecule has 7 heteroatoms. The van der Waals surface area contributed by atoms with E-state index in [4.69, 9.17) is 4.98 Å². The van der Waals surface area contributed by atoms with Crippen LogP contribution in [-0.4, -0.2) is 38.2 Å². The minimum atomic E-state index is -0.0185. The van der Waals surface area contributed by atoms with Crippen LogP contribution in [0.15, 0.2) is 17.1 Å². The van der Waals surface area contributed by atoms with Crippen LogP contribution in [0, 0.1) is 12.8 Å². The molecule has 0 spiro atoms. The van der Waals surface area contributed by atoms with Gasteiger partial charge < -0.3 is 4.98 Å². The second-order valence-electron chi connectivity index (χ2n) is 6.92. The Labute approximate surface area is 150 Å². The van der Waals surface area contributed by atoms with E-state index in [0.717, 1.165) is 52.9 Å². The van der Waals surface area contributed by atoms with Crippen LogP contribution in [-0.2, 0) is 0 Å². The predicted octanol–water partition coefficient (Wildman–Crippen LogP) is 3.48. The van der Waals surface area contributed by atoms with Crippen LogP contribution in [0.1, 0.15) is 44.2 Å². The average molecular weight is 357 g/mol. The first-order valence-corrected chi connectivity index (χ1v) is 9.29. The maximum absolute atomic E-state index is 12.6. The second kappa shape index (κ2) is 6.07. The van der Waals surface area contributed by atoms with Crippen LogP contribution in [0.2, 0.25) is 0 Å². The van der Waals surface area contributed by atoms with E-state index in [1.54, 1.807) is 6.20 Å². The first-order valence-electron chi connectivity index (χ1n) is 8.47. The van der Waals surface area contributed by atoms with Crippen LogP contribution in [0.4, 0.5) is 0 Å². The smallest absolute Gasteiger partial charge is 0.268 e. The van der Waals surface area contributed by atoms with Crippen molar-refractivity contribution in [3.63, 3.8) is 0 Å². The molecule has 6 nitrogen and oxygen atoms in total. The number of nitrogens with zero attached hydrogens (tertiary/aromatic N) is 3. The Hall–Kier alpha value is -1.99. The maximum atomic E-state index is 12.6. The van der Waals surface area contributed by atoms with Gasteiger partial charge in [-0.15, -0.1) is 11.3 Å². The Morgan fingerprint density at radius 2 is 2.12 bits per heavy atom. The highest BCUT2D eigenvalue weighted by Crippen LogP contribution is 2.40. The van der Waals surface area contributed by atoms with Crippen molar-refractivity contribution in [2.24, 2.45) is 5.92 Å². The summed E-state index contributed by atoms with van der Waals surface area (Å²) < 4.78 is 0.699. The number of fused-ring (bicyclic) bond motifs is 4. The molecule has 2 bridgehead atoms. The molecule has 3 aromatic rings. The van der Waals surface area contributed by atoms with Crippen LogP contribution in [0.3, 0.4) is 0 Å². The summed E-state index contributed by atoms with van der Waals surface area (Å²) in [5, 5.41) is 7.03. The summed E-state index contributed by atoms with van der Waals surface area (Å²) in [5.41, 5.74) is 2.83. The van der Waals surface area contributed by atoms with Crippen LogP contribution >= 0.6 is 11.3 Å². The lowest BCUT2D eigenvalue weighted by atomic mass is 9.83. The molecule has 0 saturated carbocycles. The molecule has 6 rings (SSSR count). The molecule has 0 aromatic carbocycles. The normalized spacial score (nSPS) is 25.2. The van der Waals surface area contributed by atoms with E-state index in [9.17, 15) is 4.79 Å². The topological polar surface area (TPSA) is 77.7 Å². The van der Waals surface area contributed by atoms with E-state index in [1.807, 2.05) is 13.0 Å². The van der Waals surface area contributed by atoms with E-state index in [1.165, 1.54) is 24.2 Å². The van der Waals surface area contributed by atoms with Crippen molar-refractivity contribution in [3.05, 3.63) is 34.1 Å². The summed E-state index contributed by atoms with van der Waals surface area (Å²) >= 11 is 1.49. The maximum Gasteiger partial charge on any atom is 0.268 e. The first kappa shape index (κ1) is 16.5. The number of H-pyrrole nitrogens is 2. The highest BCUT2D eigenvalue weighted by atomic mass is 32.1. The van der Waals surface area contributed by atoms with Crippen molar-refractivity contribution < 1.29 is 0 Å². The molecule has 3 fully saturated rings. The number of piperidine rings is 3. The van der Waals surface area contributed by atoms with Crippen molar-refractivity contribution in [1.29, 1.82) is 0 Å². The zero-order chi connectivity index (χ0) is 16.3. The Morgan fingerprint density at radius 1 is 1.32 bits per heavy atom. The highest BCUT2D eigenvalue weighted by molar-refractivity contribution is 7.22.